The van der Waals surface area contributed by atoms with Gasteiger partial charge >= 0.3 is 11.9 Å². The van der Waals surface area contributed by atoms with Crippen LogP contribution in [0.1, 0.15) is 37.6 Å². The molecule has 2 atom stereocenters. The summed E-state index contributed by atoms with van der Waals surface area (Å²) in [6, 6.07) is 6.98. The number of hydrogen-bond acceptors (Lipinski definition) is 6. The van der Waals surface area contributed by atoms with E-state index < -0.39 is 24.0 Å². The number of para-hydroxylation sites is 1. The van der Waals surface area contributed by atoms with E-state index in [0.29, 0.717) is 0 Å². The summed E-state index contributed by atoms with van der Waals surface area (Å²) in [7, 11) is 2.59. The molecule has 0 spiro atoms. The fourth-order valence-electron chi connectivity index (χ4n) is 2.66. The Labute approximate surface area is 159 Å². The van der Waals surface area contributed by atoms with Crippen LogP contribution in [0.25, 0.3) is 10.9 Å². The molecule has 0 saturated heterocycles. The first-order valence-electron chi connectivity index (χ1n) is 8.84. The van der Waals surface area contributed by atoms with Crippen LogP contribution in [0.4, 0.5) is 0 Å². The normalized spacial score (nSPS) is 12.5. The van der Waals surface area contributed by atoms with E-state index in [1.165, 1.54) is 14.2 Å². The van der Waals surface area contributed by atoms with Gasteiger partial charge in [-0.25, -0.2) is 0 Å². The molecule has 1 N–H and O–H groups in total. The van der Waals surface area contributed by atoms with Crippen LogP contribution in [0.5, 0.6) is 0 Å². The Balaban J connectivity index is 0.000000271. The number of methoxy groups -OCH3 is 2. The molecule has 0 bridgehead atoms. The highest BCUT2D eigenvalue weighted by molar-refractivity contribution is 5.97. The van der Waals surface area contributed by atoms with E-state index in [9.17, 15) is 14.4 Å². The Kier molecular flexibility index (Phi) is 9.22. The minimum Gasteiger partial charge on any atom is -0.468 e. The number of nitrogens with one attached hydrogen (secondary N) is 1. The van der Waals surface area contributed by atoms with Crippen molar-refractivity contribution < 1.29 is 23.9 Å². The molecule has 0 fully saturated rings. The second-order valence-corrected chi connectivity index (χ2v) is 6.07. The summed E-state index contributed by atoms with van der Waals surface area (Å²) in [6.07, 6.45) is 3.94. The van der Waals surface area contributed by atoms with Crippen LogP contribution in [0.2, 0.25) is 0 Å². The summed E-state index contributed by atoms with van der Waals surface area (Å²) in [5.41, 5.74) is 1.94. The molecule has 7 nitrogen and oxygen atoms in total. The van der Waals surface area contributed by atoms with Crippen molar-refractivity contribution in [3.8, 4) is 0 Å². The molecule has 1 heterocycles. The molecule has 2 unspecified atom stereocenters. The number of esters is 2. The van der Waals surface area contributed by atoms with Crippen LogP contribution in [0.3, 0.4) is 0 Å². The molecule has 7 heteroatoms. The van der Waals surface area contributed by atoms with Crippen molar-refractivity contribution in [2.24, 2.45) is 0 Å². The van der Waals surface area contributed by atoms with Gasteiger partial charge in [0.2, 0.25) is 0 Å². The molecular formula is C20H28N2O5. The van der Waals surface area contributed by atoms with Gasteiger partial charge in [-0.3, -0.25) is 19.7 Å². The van der Waals surface area contributed by atoms with Gasteiger partial charge in [0.05, 0.1) is 14.2 Å². The van der Waals surface area contributed by atoms with Crippen molar-refractivity contribution in [1.82, 2.24) is 9.88 Å². The second kappa shape index (κ2) is 11.1. The van der Waals surface area contributed by atoms with Gasteiger partial charge < -0.3 is 14.0 Å². The van der Waals surface area contributed by atoms with E-state index in [1.54, 1.807) is 13.8 Å². The molecule has 2 rings (SSSR count). The third kappa shape index (κ3) is 6.21. The van der Waals surface area contributed by atoms with E-state index in [-0.39, 0.29) is 0 Å². The zero-order valence-corrected chi connectivity index (χ0v) is 16.5. The number of carbonyl (C=O) groups excluding carboxylic acids is 3. The summed E-state index contributed by atoms with van der Waals surface area (Å²) in [6.45, 7) is 6.33. The van der Waals surface area contributed by atoms with E-state index >= 15 is 0 Å². The molecule has 0 aliphatic carbocycles. The highest BCUT2D eigenvalue weighted by Gasteiger charge is 2.20. The molecule has 148 valence electrons. The maximum Gasteiger partial charge on any atom is 0.322 e. The standard InChI is InChI=1S/C12H13NO.C8H15NO4/c1-2-7-13-8-10(9-14)11-5-3-4-6-12(11)13;1-5(7(10)12-3)9-6(2)8(11)13-4/h3-6,8-9H,2,7H2,1H3;5-6,9H,1-4H3. The first-order valence-corrected chi connectivity index (χ1v) is 8.84. The number of carbonyl (C=O) groups is 3. The van der Waals surface area contributed by atoms with Gasteiger partial charge in [0, 0.05) is 29.2 Å². The van der Waals surface area contributed by atoms with Crippen molar-refractivity contribution in [1.29, 1.82) is 0 Å². The van der Waals surface area contributed by atoms with Crippen LogP contribution in [-0.2, 0) is 25.6 Å². The van der Waals surface area contributed by atoms with Gasteiger partial charge in [-0.1, -0.05) is 25.1 Å². The lowest BCUT2D eigenvalue weighted by molar-refractivity contribution is -0.145. The first-order chi connectivity index (χ1) is 12.9. The molecule has 2 aromatic rings. The summed E-state index contributed by atoms with van der Waals surface area (Å²) in [5.74, 6) is -0.813. The summed E-state index contributed by atoms with van der Waals surface area (Å²) < 4.78 is 11.1. The van der Waals surface area contributed by atoms with Crippen molar-refractivity contribution in [3.63, 3.8) is 0 Å². The SMILES string of the molecule is CCCn1cc(C=O)c2ccccc21.COC(=O)C(C)NC(C)C(=O)OC. The lowest BCUT2D eigenvalue weighted by Gasteiger charge is -2.15. The van der Waals surface area contributed by atoms with Crippen LogP contribution in [0.15, 0.2) is 30.5 Å². The Morgan fingerprint density at radius 1 is 1.11 bits per heavy atom. The number of rotatable bonds is 7. The number of nitrogens with zero attached hydrogens (tertiary/aromatic N) is 1. The Morgan fingerprint density at radius 3 is 2.15 bits per heavy atom. The molecule has 0 amide bonds. The van der Waals surface area contributed by atoms with Crippen molar-refractivity contribution in [2.45, 2.75) is 45.8 Å². The number of aryl methyl sites for hydroxylation is 1. The third-order valence-corrected chi connectivity index (χ3v) is 4.02. The van der Waals surface area contributed by atoms with Gasteiger partial charge in [0.15, 0.2) is 6.29 Å². The monoisotopic (exact) mass is 376 g/mol. The fourth-order valence-corrected chi connectivity index (χ4v) is 2.66. The maximum absolute atomic E-state index is 10.9. The summed E-state index contributed by atoms with van der Waals surface area (Å²) in [4.78, 5) is 32.7. The van der Waals surface area contributed by atoms with E-state index in [1.807, 2.05) is 24.4 Å². The number of ether oxygens (including phenoxy) is 2. The van der Waals surface area contributed by atoms with E-state index in [0.717, 1.165) is 35.7 Å². The lowest BCUT2D eigenvalue weighted by Crippen LogP contribution is -2.44. The van der Waals surface area contributed by atoms with Crippen LogP contribution >= 0.6 is 0 Å². The van der Waals surface area contributed by atoms with Crippen LogP contribution in [-0.4, -0.2) is 49.1 Å². The first kappa shape index (κ1) is 22.4. The van der Waals surface area contributed by atoms with E-state index in [2.05, 4.69) is 32.3 Å². The second-order valence-electron chi connectivity index (χ2n) is 6.07. The zero-order valence-electron chi connectivity index (χ0n) is 16.5. The zero-order chi connectivity index (χ0) is 20.4. The molecular weight excluding hydrogens is 348 g/mol. The average molecular weight is 376 g/mol. The predicted molar refractivity (Wildman–Crippen MR) is 104 cm³/mol. The predicted octanol–water partition coefficient (Wildman–Crippen LogP) is 2.56. The fraction of sp³-hybridized carbons (Fsp3) is 0.450. The van der Waals surface area contributed by atoms with Crippen LogP contribution in [0, 0.1) is 0 Å². The Hall–Kier alpha value is -2.67. The number of fused-ring (bicyclic) bond motifs is 1. The van der Waals surface area contributed by atoms with Crippen molar-refractivity contribution >= 4 is 29.1 Å². The van der Waals surface area contributed by atoms with Gasteiger partial charge in [0.25, 0.3) is 0 Å². The van der Waals surface area contributed by atoms with Crippen molar-refractivity contribution in [2.75, 3.05) is 14.2 Å². The average Bonchev–Trinajstić information content (AvgIpc) is 3.05. The van der Waals surface area contributed by atoms with Gasteiger partial charge in [-0.2, -0.15) is 0 Å². The highest BCUT2D eigenvalue weighted by atomic mass is 16.5. The highest BCUT2D eigenvalue weighted by Crippen LogP contribution is 2.19. The molecule has 0 radical (unpaired) electrons. The van der Waals surface area contributed by atoms with Gasteiger partial charge in [-0.15, -0.1) is 0 Å². The minimum absolute atomic E-state index is 0.407. The summed E-state index contributed by atoms with van der Waals surface area (Å²) >= 11 is 0. The Bertz CT molecular complexity index is 749. The van der Waals surface area contributed by atoms with Crippen LogP contribution < -0.4 is 5.32 Å². The maximum atomic E-state index is 10.9. The molecule has 0 saturated carbocycles. The number of aromatic nitrogens is 1. The minimum atomic E-state index is -0.515. The molecule has 1 aromatic heterocycles. The number of benzene rings is 1. The molecule has 0 aliphatic rings. The number of aldehydes is 1. The molecule has 0 aliphatic heterocycles. The third-order valence-electron chi connectivity index (χ3n) is 4.02. The number of hydrogen-bond donors (Lipinski definition) is 1. The quantitative estimate of drug-likeness (QED) is 0.590. The molecule has 1 aromatic carbocycles. The van der Waals surface area contributed by atoms with Gasteiger partial charge in [0.1, 0.15) is 12.1 Å². The largest absolute Gasteiger partial charge is 0.468 e. The van der Waals surface area contributed by atoms with Gasteiger partial charge in [-0.05, 0) is 26.3 Å². The summed E-state index contributed by atoms with van der Waals surface area (Å²) in [5, 5.41) is 3.78. The topological polar surface area (TPSA) is 86.6 Å². The van der Waals surface area contributed by atoms with Crippen molar-refractivity contribution in [3.05, 3.63) is 36.0 Å². The Morgan fingerprint density at radius 2 is 1.67 bits per heavy atom. The smallest absolute Gasteiger partial charge is 0.322 e. The lowest BCUT2D eigenvalue weighted by atomic mass is 10.2. The molecule has 27 heavy (non-hydrogen) atoms. The van der Waals surface area contributed by atoms with E-state index in [4.69, 9.17) is 0 Å².